The van der Waals surface area contributed by atoms with Gasteiger partial charge in [-0.3, -0.25) is 9.59 Å². The van der Waals surface area contributed by atoms with Gasteiger partial charge in [0.25, 0.3) is 0 Å². The van der Waals surface area contributed by atoms with Gasteiger partial charge >= 0.3 is 0 Å². The molecular formula is C29H36N2O8. The molecule has 2 aromatic rings. The van der Waals surface area contributed by atoms with Crippen LogP contribution in [0.4, 0.5) is 5.69 Å². The van der Waals surface area contributed by atoms with Crippen LogP contribution < -0.4 is 23.8 Å². The van der Waals surface area contributed by atoms with E-state index in [0.717, 1.165) is 5.56 Å². The predicted molar refractivity (Wildman–Crippen MR) is 142 cm³/mol. The number of carbonyl (C=O) groups excluding carboxylic acids is 2. The van der Waals surface area contributed by atoms with Gasteiger partial charge in [-0.05, 0) is 24.1 Å². The average Bonchev–Trinajstić information content (AvgIpc) is 3.43. The first kappa shape index (κ1) is 27.1. The lowest BCUT2D eigenvalue weighted by Gasteiger charge is -2.44. The highest BCUT2D eigenvalue weighted by atomic mass is 16.7. The highest BCUT2D eigenvalue weighted by Gasteiger charge is 2.46. The second-order valence-electron chi connectivity index (χ2n) is 9.94. The summed E-state index contributed by atoms with van der Waals surface area (Å²) in [7, 11) is 6.21. The van der Waals surface area contributed by atoms with E-state index in [-0.39, 0.29) is 18.2 Å². The van der Waals surface area contributed by atoms with Crippen molar-refractivity contribution in [2.75, 3.05) is 59.6 Å². The molecule has 0 radical (unpaired) electrons. The maximum atomic E-state index is 14.1. The summed E-state index contributed by atoms with van der Waals surface area (Å²) in [6.07, 6.45) is 1.95. The number of piperidine rings is 2. The van der Waals surface area contributed by atoms with Crippen LogP contribution in [0.1, 0.15) is 37.3 Å². The Hall–Kier alpha value is -3.50. The van der Waals surface area contributed by atoms with Crippen LogP contribution in [0.5, 0.6) is 23.0 Å². The van der Waals surface area contributed by atoms with Gasteiger partial charge in [0.15, 0.2) is 17.3 Å². The number of carbonyl (C=O) groups is 2. The molecule has 3 aliphatic heterocycles. The highest BCUT2D eigenvalue weighted by molar-refractivity contribution is 5.98. The Labute approximate surface area is 228 Å². The van der Waals surface area contributed by atoms with Crippen LogP contribution in [0.2, 0.25) is 0 Å². The molecule has 10 nitrogen and oxygen atoms in total. The van der Waals surface area contributed by atoms with Crippen LogP contribution in [-0.4, -0.2) is 77.2 Å². The van der Waals surface area contributed by atoms with Gasteiger partial charge in [0.2, 0.25) is 17.6 Å². The summed E-state index contributed by atoms with van der Waals surface area (Å²) >= 11 is 0. The van der Waals surface area contributed by atoms with E-state index < -0.39 is 17.7 Å². The Morgan fingerprint density at radius 3 is 2.05 bits per heavy atom. The summed E-state index contributed by atoms with van der Waals surface area (Å²) in [6, 6.07) is 10.5. The normalized spacial score (nSPS) is 22.6. The smallest absolute Gasteiger partial charge is 0.228 e. The third-order valence-electron chi connectivity index (χ3n) is 7.95. The van der Waals surface area contributed by atoms with Crippen molar-refractivity contribution in [3.8, 4) is 23.0 Å². The molecule has 3 fully saturated rings. The number of anilines is 1. The Kier molecular flexibility index (Phi) is 7.86. The van der Waals surface area contributed by atoms with Crippen molar-refractivity contribution in [2.45, 2.75) is 37.5 Å². The van der Waals surface area contributed by atoms with E-state index in [2.05, 4.69) is 0 Å². The third kappa shape index (κ3) is 5.10. The maximum Gasteiger partial charge on any atom is 0.228 e. The number of hydrogen-bond acceptors (Lipinski definition) is 8. The Bertz CT molecular complexity index is 1160. The molecule has 3 saturated heterocycles. The van der Waals surface area contributed by atoms with E-state index in [9.17, 15) is 9.59 Å². The summed E-state index contributed by atoms with van der Waals surface area (Å²) in [6.45, 7) is 2.26. The van der Waals surface area contributed by atoms with E-state index in [1.165, 1.54) is 21.3 Å². The minimum absolute atomic E-state index is 0.0219. The second kappa shape index (κ2) is 11.3. The number of hydrogen-bond donors (Lipinski definition) is 0. The molecule has 2 amide bonds. The zero-order valence-electron chi connectivity index (χ0n) is 22.9. The van der Waals surface area contributed by atoms with Gasteiger partial charge in [-0.2, -0.15) is 0 Å². The molecule has 2 aromatic carbocycles. The van der Waals surface area contributed by atoms with Crippen molar-refractivity contribution < 1.29 is 38.0 Å². The van der Waals surface area contributed by atoms with Crippen LogP contribution >= 0.6 is 0 Å². The molecule has 210 valence electrons. The van der Waals surface area contributed by atoms with Crippen molar-refractivity contribution in [1.29, 1.82) is 0 Å². The van der Waals surface area contributed by atoms with Crippen LogP contribution in [0.3, 0.4) is 0 Å². The molecule has 0 unspecified atom stereocenters. The summed E-state index contributed by atoms with van der Waals surface area (Å²) in [5.74, 6) is 0.903. The largest absolute Gasteiger partial charge is 0.497 e. The van der Waals surface area contributed by atoms with Crippen LogP contribution in [0.15, 0.2) is 36.4 Å². The zero-order chi connectivity index (χ0) is 27.6. The summed E-state index contributed by atoms with van der Waals surface area (Å²) < 4.78 is 33.7. The van der Waals surface area contributed by atoms with Crippen molar-refractivity contribution in [3.05, 3.63) is 42.0 Å². The lowest BCUT2D eigenvalue weighted by Crippen LogP contribution is -2.53. The average molecular weight is 541 g/mol. The number of ether oxygens (including phenoxy) is 6. The van der Waals surface area contributed by atoms with E-state index in [0.29, 0.717) is 74.3 Å². The van der Waals surface area contributed by atoms with Crippen LogP contribution in [0, 0.1) is 5.92 Å². The molecule has 0 saturated carbocycles. The molecule has 0 bridgehead atoms. The van der Waals surface area contributed by atoms with Gasteiger partial charge in [-0.25, -0.2) is 0 Å². The van der Waals surface area contributed by atoms with Crippen LogP contribution in [0.25, 0.3) is 0 Å². The SMILES string of the molecule is COc1ccc([C@H]2[C@H](C(=O)N3CCC4(CC3)OCCO4)CCC(=O)N2c2cc(OC)c(OC)c(OC)c2)cc1. The first-order valence-electron chi connectivity index (χ1n) is 13.3. The molecule has 39 heavy (non-hydrogen) atoms. The standard InChI is InChI=1S/C29H36N2O8/c1-34-21-7-5-19(6-8-21)26-22(28(33)30-13-11-29(12-14-30)38-15-16-39-29)9-10-25(32)31(26)20-17-23(35-2)27(37-4)24(18-20)36-3/h5-8,17-18,22,26H,9-16H2,1-4H3/t22-,26+/m1/s1. The third-order valence-corrected chi connectivity index (χ3v) is 7.95. The number of amides is 2. The minimum Gasteiger partial charge on any atom is -0.497 e. The number of methoxy groups -OCH3 is 4. The van der Waals surface area contributed by atoms with E-state index in [1.807, 2.05) is 29.2 Å². The fourth-order valence-electron chi connectivity index (χ4n) is 5.93. The molecule has 3 aliphatic rings. The number of likely N-dealkylation sites (tertiary alicyclic amines) is 1. The van der Waals surface area contributed by atoms with Gasteiger partial charge < -0.3 is 38.2 Å². The fraction of sp³-hybridized carbons (Fsp3) is 0.517. The highest BCUT2D eigenvalue weighted by Crippen LogP contribution is 2.47. The summed E-state index contributed by atoms with van der Waals surface area (Å²) in [5, 5.41) is 0. The Morgan fingerprint density at radius 1 is 0.897 bits per heavy atom. The molecule has 10 heteroatoms. The quantitative estimate of drug-likeness (QED) is 0.526. The molecule has 3 heterocycles. The molecule has 0 aliphatic carbocycles. The summed E-state index contributed by atoms with van der Waals surface area (Å²) in [4.78, 5) is 31.3. The topological polar surface area (TPSA) is 96.0 Å². The number of benzene rings is 2. The number of nitrogens with zero attached hydrogens (tertiary/aromatic N) is 2. The van der Waals surface area contributed by atoms with Crippen molar-refractivity contribution in [3.63, 3.8) is 0 Å². The lowest BCUT2D eigenvalue weighted by molar-refractivity contribution is -0.188. The van der Waals surface area contributed by atoms with E-state index in [1.54, 1.807) is 24.1 Å². The van der Waals surface area contributed by atoms with Crippen LogP contribution in [-0.2, 0) is 19.1 Å². The molecule has 0 N–H and O–H groups in total. The molecule has 2 atom stereocenters. The van der Waals surface area contributed by atoms with Gasteiger partial charge in [-0.1, -0.05) is 12.1 Å². The fourth-order valence-corrected chi connectivity index (χ4v) is 5.93. The van der Waals surface area contributed by atoms with E-state index >= 15 is 0 Å². The molecular weight excluding hydrogens is 504 g/mol. The monoisotopic (exact) mass is 540 g/mol. The Balaban J connectivity index is 1.53. The van der Waals surface area contributed by atoms with E-state index in [4.69, 9.17) is 28.4 Å². The zero-order valence-corrected chi connectivity index (χ0v) is 22.9. The minimum atomic E-state index is -0.572. The lowest BCUT2D eigenvalue weighted by atomic mass is 9.82. The van der Waals surface area contributed by atoms with Crippen molar-refractivity contribution in [1.82, 2.24) is 4.90 Å². The first-order valence-corrected chi connectivity index (χ1v) is 13.3. The Morgan fingerprint density at radius 2 is 1.51 bits per heavy atom. The predicted octanol–water partition coefficient (Wildman–Crippen LogP) is 3.57. The molecule has 5 rings (SSSR count). The molecule has 1 spiro atoms. The van der Waals surface area contributed by atoms with Gasteiger partial charge in [0.05, 0.1) is 59.3 Å². The van der Waals surface area contributed by atoms with Crippen molar-refractivity contribution in [2.24, 2.45) is 5.92 Å². The van der Waals surface area contributed by atoms with Gasteiger partial charge in [0.1, 0.15) is 5.75 Å². The molecule has 0 aromatic heterocycles. The second-order valence-corrected chi connectivity index (χ2v) is 9.94. The van der Waals surface area contributed by atoms with Gasteiger partial charge in [-0.15, -0.1) is 0 Å². The maximum absolute atomic E-state index is 14.1. The number of rotatable bonds is 7. The summed E-state index contributed by atoms with van der Waals surface area (Å²) in [5.41, 5.74) is 1.41. The van der Waals surface area contributed by atoms with Gasteiger partial charge in [0, 0.05) is 44.5 Å². The van der Waals surface area contributed by atoms with Crippen molar-refractivity contribution >= 4 is 17.5 Å². The first-order chi connectivity index (χ1) is 18.9.